The zero-order valence-electron chi connectivity index (χ0n) is 13.5. The first-order chi connectivity index (χ1) is 11.3. The van der Waals surface area contributed by atoms with Gasteiger partial charge in [-0.05, 0) is 30.0 Å². The van der Waals surface area contributed by atoms with Crippen molar-refractivity contribution >= 4 is 23.2 Å². The Labute approximate surface area is 142 Å². The number of aromatic nitrogens is 1. The molecule has 0 aromatic carbocycles. The summed E-state index contributed by atoms with van der Waals surface area (Å²) in [5, 5.41) is 1.89. The van der Waals surface area contributed by atoms with Crippen LogP contribution in [-0.2, 0) is 10.3 Å². The van der Waals surface area contributed by atoms with E-state index in [-0.39, 0.29) is 24.2 Å². The number of thiophene rings is 1. The van der Waals surface area contributed by atoms with Gasteiger partial charge >= 0.3 is 0 Å². The maximum atomic E-state index is 13.8. The van der Waals surface area contributed by atoms with Crippen molar-refractivity contribution in [3.8, 4) is 17.0 Å². The lowest BCUT2D eigenvalue weighted by atomic mass is 9.93. The molecule has 6 nitrogen and oxygen atoms in total. The van der Waals surface area contributed by atoms with Crippen molar-refractivity contribution in [2.45, 2.75) is 18.9 Å². The van der Waals surface area contributed by atoms with E-state index in [2.05, 4.69) is 9.98 Å². The molecule has 2 aromatic heterocycles. The second kappa shape index (κ2) is 5.86. The molecule has 1 atom stereocenters. The van der Waals surface area contributed by atoms with Crippen LogP contribution in [0.3, 0.4) is 0 Å². The average Bonchev–Trinajstić information content (AvgIpc) is 3.03. The van der Waals surface area contributed by atoms with Crippen LogP contribution in [0.5, 0.6) is 5.88 Å². The molecule has 3 heterocycles. The predicted octanol–water partition coefficient (Wildman–Crippen LogP) is 2.35. The van der Waals surface area contributed by atoms with Crippen LogP contribution >= 0.6 is 11.3 Å². The van der Waals surface area contributed by atoms with Gasteiger partial charge in [0.15, 0.2) is 11.8 Å². The number of carbonyl (C=O) groups is 1. The Morgan fingerprint density at radius 2 is 2.17 bits per heavy atom. The van der Waals surface area contributed by atoms with Crippen molar-refractivity contribution in [1.29, 1.82) is 0 Å². The SMILES string of the molecule is COc1ncc(-c2csc([C@]3(C)CC(=O)N(C)C(N)=N3)c2)cc1F. The average molecular weight is 348 g/mol. The molecule has 0 saturated heterocycles. The van der Waals surface area contributed by atoms with Gasteiger partial charge in [-0.25, -0.2) is 14.4 Å². The van der Waals surface area contributed by atoms with Crippen molar-refractivity contribution < 1.29 is 13.9 Å². The number of halogens is 1. The molecule has 0 fully saturated rings. The van der Waals surface area contributed by atoms with Gasteiger partial charge in [0.1, 0.15) is 5.54 Å². The number of amides is 1. The highest BCUT2D eigenvalue weighted by atomic mass is 32.1. The third kappa shape index (κ3) is 2.73. The van der Waals surface area contributed by atoms with E-state index in [0.717, 1.165) is 10.4 Å². The van der Waals surface area contributed by atoms with E-state index in [1.165, 1.54) is 29.4 Å². The lowest BCUT2D eigenvalue weighted by Gasteiger charge is -2.32. The van der Waals surface area contributed by atoms with E-state index in [1.54, 1.807) is 13.2 Å². The monoisotopic (exact) mass is 348 g/mol. The summed E-state index contributed by atoms with van der Waals surface area (Å²) in [6.07, 6.45) is 1.78. The Kier molecular flexibility index (Phi) is 4.00. The molecule has 8 heteroatoms. The molecule has 0 unspecified atom stereocenters. The molecular formula is C16H17FN4O2S. The molecule has 1 aliphatic heterocycles. The molecular weight excluding hydrogens is 331 g/mol. The van der Waals surface area contributed by atoms with Crippen LogP contribution in [0.25, 0.3) is 11.1 Å². The van der Waals surface area contributed by atoms with E-state index in [0.29, 0.717) is 5.56 Å². The summed E-state index contributed by atoms with van der Waals surface area (Å²) >= 11 is 1.46. The fourth-order valence-corrected chi connectivity index (χ4v) is 3.58. The number of pyridine rings is 1. The summed E-state index contributed by atoms with van der Waals surface area (Å²) in [6.45, 7) is 1.87. The van der Waals surface area contributed by atoms with Crippen LogP contribution in [0.15, 0.2) is 28.7 Å². The number of nitrogens with two attached hydrogens (primary N) is 1. The number of rotatable bonds is 3. The number of nitrogens with zero attached hydrogens (tertiary/aromatic N) is 3. The summed E-state index contributed by atoms with van der Waals surface area (Å²) in [5.74, 6) is -0.455. The van der Waals surface area contributed by atoms with Gasteiger partial charge in [-0.3, -0.25) is 9.69 Å². The van der Waals surface area contributed by atoms with Crippen LogP contribution in [-0.4, -0.2) is 35.9 Å². The smallest absolute Gasteiger partial charge is 0.250 e. The number of hydrogen-bond acceptors (Lipinski definition) is 6. The maximum absolute atomic E-state index is 13.8. The summed E-state index contributed by atoms with van der Waals surface area (Å²) in [4.78, 5) is 22.7. The number of aliphatic imine (C=N–C) groups is 1. The van der Waals surface area contributed by atoms with E-state index in [9.17, 15) is 9.18 Å². The fraction of sp³-hybridized carbons (Fsp3) is 0.312. The third-order valence-electron chi connectivity index (χ3n) is 4.04. The lowest BCUT2D eigenvalue weighted by Crippen LogP contribution is -2.47. The molecule has 0 bridgehead atoms. The number of hydrogen-bond donors (Lipinski definition) is 1. The first-order valence-electron chi connectivity index (χ1n) is 7.25. The molecule has 24 heavy (non-hydrogen) atoms. The van der Waals surface area contributed by atoms with Crippen LogP contribution in [0.1, 0.15) is 18.2 Å². The zero-order valence-corrected chi connectivity index (χ0v) is 14.4. The van der Waals surface area contributed by atoms with Gasteiger partial charge in [0, 0.05) is 23.7 Å². The Morgan fingerprint density at radius 1 is 1.42 bits per heavy atom. The predicted molar refractivity (Wildman–Crippen MR) is 90.4 cm³/mol. The second-order valence-corrected chi connectivity index (χ2v) is 6.70. The third-order valence-corrected chi connectivity index (χ3v) is 5.22. The molecule has 0 aliphatic carbocycles. The van der Waals surface area contributed by atoms with Crippen LogP contribution in [0, 0.1) is 5.82 Å². The highest BCUT2D eigenvalue weighted by Crippen LogP contribution is 2.39. The van der Waals surface area contributed by atoms with Gasteiger partial charge in [0.2, 0.25) is 11.8 Å². The van der Waals surface area contributed by atoms with Crippen molar-refractivity contribution in [3.05, 3.63) is 34.4 Å². The molecule has 0 spiro atoms. The molecule has 126 valence electrons. The largest absolute Gasteiger partial charge is 0.479 e. The number of methoxy groups -OCH3 is 1. The molecule has 1 amide bonds. The first kappa shape index (κ1) is 16.4. The normalized spacial score (nSPS) is 20.9. The van der Waals surface area contributed by atoms with E-state index < -0.39 is 11.4 Å². The van der Waals surface area contributed by atoms with Gasteiger partial charge in [-0.1, -0.05) is 0 Å². The summed E-state index contributed by atoms with van der Waals surface area (Å²) in [5.41, 5.74) is 6.57. The van der Waals surface area contributed by atoms with E-state index >= 15 is 0 Å². The molecule has 0 saturated carbocycles. The van der Waals surface area contributed by atoms with E-state index in [4.69, 9.17) is 10.5 Å². The Balaban J connectivity index is 1.96. The van der Waals surface area contributed by atoms with Crippen molar-refractivity contribution in [2.75, 3.05) is 14.2 Å². The summed E-state index contributed by atoms with van der Waals surface area (Å²) < 4.78 is 18.7. The van der Waals surface area contributed by atoms with Gasteiger partial charge in [0.05, 0.1) is 13.5 Å². The minimum Gasteiger partial charge on any atom is -0.479 e. The van der Waals surface area contributed by atoms with Gasteiger partial charge < -0.3 is 10.5 Å². The first-order valence-corrected chi connectivity index (χ1v) is 8.13. The number of guanidine groups is 1. The molecule has 2 N–H and O–H groups in total. The highest BCUT2D eigenvalue weighted by molar-refractivity contribution is 7.10. The topological polar surface area (TPSA) is 80.8 Å². The zero-order chi connectivity index (χ0) is 17.5. The minimum atomic E-state index is -0.713. The van der Waals surface area contributed by atoms with Crippen molar-refractivity contribution in [1.82, 2.24) is 9.88 Å². The van der Waals surface area contributed by atoms with Crippen molar-refractivity contribution in [3.63, 3.8) is 0 Å². The van der Waals surface area contributed by atoms with Gasteiger partial charge in [-0.15, -0.1) is 11.3 Å². The van der Waals surface area contributed by atoms with Crippen LogP contribution in [0.4, 0.5) is 4.39 Å². The van der Waals surface area contributed by atoms with Crippen molar-refractivity contribution in [2.24, 2.45) is 10.7 Å². The Hall–Kier alpha value is -2.48. The molecule has 1 aliphatic rings. The summed E-state index contributed by atoms with van der Waals surface area (Å²) in [7, 11) is 2.97. The Bertz CT molecular complexity index is 835. The standard InChI is InChI=1S/C16H17FN4O2S/c1-16(6-13(22)21(2)15(18)20-16)12-5-10(8-24-12)9-4-11(17)14(23-3)19-7-9/h4-5,7-8H,6H2,1-3H3,(H2,18,20)/t16-/m0/s1. The summed E-state index contributed by atoms with van der Waals surface area (Å²) in [6, 6.07) is 3.26. The number of carbonyl (C=O) groups excluding carboxylic acids is 1. The van der Waals surface area contributed by atoms with Crippen LogP contribution < -0.4 is 10.5 Å². The number of ether oxygens (including phenoxy) is 1. The lowest BCUT2D eigenvalue weighted by molar-refractivity contribution is -0.128. The quantitative estimate of drug-likeness (QED) is 0.923. The fourth-order valence-electron chi connectivity index (χ4n) is 2.55. The van der Waals surface area contributed by atoms with Crippen LogP contribution in [0.2, 0.25) is 0 Å². The second-order valence-electron chi connectivity index (χ2n) is 5.79. The molecule has 2 aromatic rings. The maximum Gasteiger partial charge on any atom is 0.250 e. The minimum absolute atomic E-state index is 0.0422. The molecule has 0 radical (unpaired) electrons. The van der Waals surface area contributed by atoms with Gasteiger partial charge in [-0.2, -0.15) is 0 Å². The van der Waals surface area contributed by atoms with E-state index in [1.807, 2.05) is 18.4 Å². The Morgan fingerprint density at radius 3 is 2.79 bits per heavy atom. The highest BCUT2D eigenvalue weighted by Gasteiger charge is 2.37. The van der Waals surface area contributed by atoms with Gasteiger partial charge in [0.25, 0.3) is 0 Å². The molecule has 3 rings (SSSR count).